The summed E-state index contributed by atoms with van der Waals surface area (Å²) in [4.78, 5) is 3.98. The maximum absolute atomic E-state index is 9.90. The zero-order valence-corrected chi connectivity index (χ0v) is 13.1. The standard InChI is InChI=1S/C17H32N2O/c1-2-3-4-5-6-7-8-9-10-11-12-17(20)15-19-14-13-18-16-19/h13-14,16-17,20H,2-12,15H2,1H3. The average Bonchev–Trinajstić information content (AvgIpc) is 2.93. The van der Waals surface area contributed by atoms with Gasteiger partial charge in [0.2, 0.25) is 0 Å². The highest BCUT2D eigenvalue weighted by Gasteiger charge is 2.04. The van der Waals surface area contributed by atoms with Crippen molar-refractivity contribution < 1.29 is 5.11 Å². The minimum Gasteiger partial charge on any atom is -0.391 e. The lowest BCUT2D eigenvalue weighted by molar-refractivity contribution is 0.140. The number of imidazole rings is 1. The average molecular weight is 280 g/mol. The predicted octanol–water partition coefficient (Wildman–Crippen LogP) is 4.56. The lowest BCUT2D eigenvalue weighted by Crippen LogP contribution is -2.14. The number of unbranched alkanes of at least 4 members (excludes halogenated alkanes) is 9. The Balaban J connectivity index is 1.82. The van der Waals surface area contributed by atoms with Crippen molar-refractivity contribution in [2.75, 3.05) is 0 Å². The van der Waals surface area contributed by atoms with Crippen LogP contribution in [-0.4, -0.2) is 20.8 Å². The zero-order chi connectivity index (χ0) is 14.5. The summed E-state index contributed by atoms with van der Waals surface area (Å²) in [6.45, 7) is 2.94. The Bertz CT molecular complexity index is 298. The second kappa shape index (κ2) is 12.0. The van der Waals surface area contributed by atoms with Crippen LogP contribution in [0.15, 0.2) is 18.7 Å². The molecule has 1 heterocycles. The molecule has 0 spiro atoms. The Morgan fingerprint density at radius 1 is 0.950 bits per heavy atom. The van der Waals surface area contributed by atoms with Crippen molar-refractivity contribution in [2.45, 2.75) is 90.2 Å². The second-order valence-corrected chi connectivity index (χ2v) is 5.88. The topological polar surface area (TPSA) is 38.0 Å². The molecule has 1 aromatic heterocycles. The van der Waals surface area contributed by atoms with Crippen LogP contribution in [0, 0.1) is 0 Å². The Kier molecular flexibility index (Phi) is 10.3. The first-order valence-electron chi connectivity index (χ1n) is 8.46. The Morgan fingerprint density at radius 3 is 2.10 bits per heavy atom. The number of aliphatic hydroxyl groups excluding tert-OH is 1. The van der Waals surface area contributed by atoms with Gasteiger partial charge in [0, 0.05) is 18.9 Å². The summed E-state index contributed by atoms with van der Waals surface area (Å²) >= 11 is 0. The molecule has 0 bridgehead atoms. The lowest BCUT2D eigenvalue weighted by Gasteiger charge is -2.10. The summed E-state index contributed by atoms with van der Waals surface area (Å²) in [6.07, 6.45) is 19.6. The summed E-state index contributed by atoms with van der Waals surface area (Å²) in [5, 5.41) is 9.90. The molecule has 3 nitrogen and oxygen atoms in total. The van der Waals surface area contributed by atoms with E-state index in [9.17, 15) is 5.11 Å². The summed E-state index contributed by atoms with van der Waals surface area (Å²) in [5.74, 6) is 0. The summed E-state index contributed by atoms with van der Waals surface area (Å²) in [7, 11) is 0. The van der Waals surface area contributed by atoms with Crippen LogP contribution < -0.4 is 0 Å². The molecule has 1 atom stereocenters. The summed E-state index contributed by atoms with van der Waals surface area (Å²) in [6, 6.07) is 0. The number of aliphatic hydroxyl groups is 1. The monoisotopic (exact) mass is 280 g/mol. The van der Waals surface area contributed by atoms with Gasteiger partial charge in [-0.15, -0.1) is 0 Å². The molecule has 0 aliphatic carbocycles. The third-order valence-corrected chi connectivity index (χ3v) is 3.87. The van der Waals surface area contributed by atoms with Gasteiger partial charge in [-0.2, -0.15) is 0 Å². The van der Waals surface area contributed by atoms with Crippen LogP contribution in [0.3, 0.4) is 0 Å². The molecular weight excluding hydrogens is 248 g/mol. The highest BCUT2D eigenvalue weighted by Crippen LogP contribution is 2.12. The van der Waals surface area contributed by atoms with Gasteiger partial charge < -0.3 is 9.67 Å². The van der Waals surface area contributed by atoms with Crippen molar-refractivity contribution in [3.05, 3.63) is 18.7 Å². The number of aromatic nitrogens is 2. The fourth-order valence-electron chi connectivity index (χ4n) is 2.60. The van der Waals surface area contributed by atoms with Crippen LogP contribution in [0.25, 0.3) is 0 Å². The van der Waals surface area contributed by atoms with Gasteiger partial charge >= 0.3 is 0 Å². The molecule has 1 unspecified atom stereocenters. The van der Waals surface area contributed by atoms with E-state index in [-0.39, 0.29) is 6.10 Å². The van der Waals surface area contributed by atoms with E-state index in [2.05, 4.69) is 11.9 Å². The molecule has 0 saturated carbocycles. The van der Waals surface area contributed by atoms with Gasteiger partial charge in [0.1, 0.15) is 0 Å². The van der Waals surface area contributed by atoms with Crippen LogP contribution in [-0.2, 0) is 6.54 Å². The first-order valence-corrected chi connectivity index (χ1v) is 8.46. The Morgan fingerprint density at radius 2 is 1.55 bits per heavy atom. The van der Waals surface area contributed by atoms with E-state index in [0.717, 1.165) is 12.8 Å². The van der Waals surface area contributed by atoms with E-state index in [4.69, 9.17) is 0 Å². The molecule has 0 aromatic carbocycles. The van der Waals surface area contributed by atoms with Gasteiger partial charge in [0.15, 0.2) is 0 Å². The van der Waals surface area contributed by atoms with Gasteiger partial charge in [0.25, 0.3) is 0 Å². The van der Waals surface area contributed by atoms with Crippen molar-refractivity contribution >= 4 is 0 Å². The van der Waals surface area contributed by atoms with Crippen molar-refractivity contribution in [3.8, 4) is 0 Å². The molecule has 0 aliphatic heterocycles. The normalized spacial score (nSPS) is 12.7. The zero-order valence-electron chi connectivity index (χ0n) is 13.1. The molecule has 1 rings (SSSR count). The van der Waals surface area contributed by atoms with Crippen LogP contribution in [0.1, 0.15) is 77.6 Å². The van der Waals surface area contributed by atoms with Gasteiger partial charge in [-0.3, -0.25) is 0 Å². The van der Waals surface area contributed by atoms with E-state index in [1.807, 2.05) is 10.8 Å². The van der Waals surface area contributed by atoms with Gasteiger partial charge in [0.05, 0.1) is 12.4 Å². The fourth-order valence-corrected chi connectivity index (χ4v) is 2.60. The molecule has 0 aliphatic rings. The molecule has 1 aromatic rings. The van der Waals surface area contributed by atoms with Crippen LogP contribution in [0.4, 0.5) is 0 Å². The summed E-state index contributed by atoms with van der Waals surface area (Å²) < 4.78 is 1.95. The molecule has 1 N–H and O–H groups in total. The van der Waals surface area contributed by atoms with Crippen molar-refractivity contribution in [1.82, 2.24) is 9.55 Å². The van der Waals surface area contributed by atoms with Crippen LogP contribution in [0.5, 0.6) is 0 Å². The van der Waals surface area contributed by atoms with Crippen molar-refractivity contribution in [3.63, 3.8) is 0 Å². The smallest absolute Gasteiger partial charge is 0.0946 e. The molecule has 0 radical (unpaired) electrons. The number of rotatable bonds is 13. The fraction of sp³-hybridized carbons (Fsp3) is 0.824. The molecule has 3 heteroatoms. The predicted molar refractivity (Wildman–Crippen MR) is 84.7 cm³/mol. The quantitative estimate of drug-likeness (QED) is 0.538. The minimum atomic E-state index is -0.224. The van der Waals surface area contributed by atoms with Gasteiger partial charge in [-0.05, 0) is 6.42 Å². The van der Waals surface area contributed by atoms with Gasteiger partial charge in [-0.25, -0.2) is 4.98 Å². The van der Waals surface area contributed by atoms with E-state index < -0.39 is 0 Å². The molecular formula is C17H32N2O. The highest BCUT2D eigenvalue weighted by atomic mass is 16.3. The van der Waals surface area contributed by atoms with E-state index >= 15 is 0 Å². The number of nitrogens with zero attached hydrogens (tertiary/aromatic N) is 2. The molecule has 0 saturated heterocycles. The van der Waals surface area contributed by atoms with Crippen LogP contribution in [0.2, 0.25) is 0 Å². The van der Waals surface area contributed by atoms with Crippen molar-refractivity contribution in [1.29, 1.82) is 0 Å². The molecule has 0 amide bonds. The number of hydrogen-bond acceptors (Lipinski definition) is 2. The SMILES string of the molecule is CCCCCCCCCCCCC(O)Cn1ccnc1. The maximum Gasteiger partial charge on any atom is 0.0946 e. The van der Waals surface area contributed by atoms with E-state index in [1.165, 1.54) is 57.8 Å². The Labute approximate surface area is 124 Å². The highest BCUT2D eigenvalue weighted by molar-refractivity contribution is 4.75. The Hall–Kier alpha value is -0.830. The third-order valence-electron chi connectivity index (χ3n) is 3.87. The first kappa shape index (κ1) is 17.2. The van der Waals surface area contributed by atoms with Crippen molar-refractivity contribution in [2.24, 2.45) is 0 Å². The summed E-state index contributed by atoms with van der Waals surface area (Å²) in [5.41, 5.74) is 0. The third kappa shape index (κ3) is 9.13. The lowest BCUT2D eigenvalue weighted by atomic mass is 10.0. The minimum absolute atomic E-state index is 0.224. The number of hydrogen-bond donors (Lipinski definition) is 1. The van der Waals surface area contributed by atoms with Crippen LogP contribution >= 0.6 is 0 Å². The second-order valence-electron chi connectivity index (χ2n) is 5.88. The molecule has 0 fully saturated rings. The molecule has 116 valence electrons. The largest absolute Gasteiger partial charge is 0.391 e. The van der Waals surface area contributed by atoms with Gasteiger partial charge in [-0.1, -0.05) is 71.1 Å². The first-order chi connectivity index (χ1) is 9.83. The van der Waals surface area contributed by atoms with E-state index in [0.29, 0.717) is 6.54 Å². The molecule has 20 heavy (non-hydrogen) atoms. The maximum atomic E-state index is 9.90. The van der Waals surface area contributed by atoms with E-state index in [1.54, 1.807) is 12.5 Å².